The van der Waals surface area contributed by atoms with Crippen LogP contribution in [-0.4, -0.2) is 0 Å². The number of hydrogen-bond donors (Lipinski definition) is 0. The standard InChI is InChI=1S/C49H31NOS/c1-2-14-33(15-3-1)50(44-22-10-5-16-35(44)32-26-28-38-37-18-6-13-25-47(37)52-48(38)30-32)34-27-29-41-39(31-34)36-17-4-7-19-40(36)49(41)42-20-8-11-23-45(42)51-46-24-12-9-21-43(46)49/h1-31H. The van der Waals surface area contributed by atoms with Gasteiger partial charge in [-0.15, -0.1) is 11.3 Å². The highest BCUT2D eigenvalue weighted by Crippen LogP contribution is 2.62. The number of nitrogens with zero attached hydrogens (tertiary/aromatic N) is 1. The van der Waals surface area contributed by atoms with Gasteiger partial charge in [0, 0.05) is 48.2 Å². The molecule has 1 aromatic heterocycles. The average Bonchev–Trinajstić information content (AvgIpc) is 3.72. The molecule has 3 heteroatoms. The molecule has 9 aromatic rings. The molecular formula is C49H31NOS. The van der Waals surface area contributed by atoms with E-state index < -0.39 is 5.41 Å². The van der Waals surface area contributed by atoms with E-state index in [1.54, 1.807) is 0 Å². The first-order valence-electron chi connectivity index (χ1n) is 17.8. The van der Waals surface area contributed by atoms with Crippen LogP contribution in [0.15, 0.2) is 188 Å². The van der Waals surface area contributed by atoms with Crippen molar-refractivity contribution in [1.82, 2.24) is 0 Å². The summed E-state index contributed by atoms with van der Waals surface area (Å²) < 4.78 is 9.18. The third kappa shape index (κ3) is 4.11. The van der Waals surface area contributed by atoms with Crippen molar-refractivity contribution in [2.45, 2.75) is 5.41 Å². The molecule has 0 unspecified atom stereocenters. The summed E-state index contributed by atoms with van der Waals surface area (Å²) in [5.41, 5.74) is 12.7. The lowest BCUT2D eigenvalue weighted by Crippen LogP contribution is -2.32. The zero-order chi connectivity index (χ0) is 34.2. The normalized spacial score (nSPS) is 13.3. The SMILES string of the molecule is c1ccc(N(c2ccc3c(c2)-c2ccccc2C32c3ccccc3Oc3ccccc32)c2ccccc2-c2ccc3c(c2)sc2ccccc23)cc1. The van der Waals surface area contributed by atoms with Crippen molar-refractivity contribution in [1.29, 1.82) is 0 Å². The van der Waals surface area contributed by atoms with Crippen LogP contribution < -0.4 is 9.64 Å². The van der Waals surface area contributed by atoms with Crippen molar-refractivity contribution in [2.75, 3.05) is 4.90 Å². The topological polar surface area (TPSA) is 12.5 Å². The van der Waals surface area contributed by atoms with Crippen LogP contribution >= 0.6 is 11.3 Å². The molecule has 0 saturated carbocycles. The Bertz CT molecular complexity index is 2810. The fourth-order valence-corrected chi connectivity index (χ4v) is 9.94. The zero-order valence-electron chi connectivity index (χ0n) is 28.2. The third-order valence-corrected chi connectivity index (χ3v) is 12.1. The van der Waals surface area contributed by atoms with Gasteiger partial charge in [0.15, 0.2) is 0 Å². The van der Waals surface area contributed by atoms with Gasteiger partial charge in [-0.25, -0.2) is 0 Å². The Labute approximate surface area is 306 Å². The number of thiophene rings is 1. The second-order valence-corrected chi connectivity index (χ2v) is 14.7. The molecule has 1 aliphatic heterocycles. The minimum absolute atomic E-state index is 0.495. The quantitative estimate of drug-likeness (QED) is 0.183. The van der Waals surface area contributed by atoms with Crippen LogP contribution in [0.25, 0.3) is 42.4 Å². The Balaban J connectivity index is 1.14. The molecule has 0 amide bonds. The second-order valence-electron chi connectivity index (χ2n) is 13.6. The Morgan fingerprint density at radius 2 is 1.02 bits per heavy atom. The van der Waals surface area contributed by atoms with Gasteiger partial charge in [0.05, 0.1) is 11.1 Å². The number of fused-ring (bicyclic) bond motifs is 12. The number of benzene rings is 8. The molecule has 0 N–H and O–H groups in total. The maximum absolute atomic E-state index is 6.56. The van der Waals surface area contributed by atoms with E-state index >= 15 is 0 Å². The monoisotopic (exact) mass is 681 g/mol. The maximum Gasteiger partial charge on any atom is 0.132 e. The van der Waals surface area contributed by atoms with Crippen LogP contribution in [0.5, 0.6) is 11.5 Å². The predicted octanol–water partition coefficient (Wildman–Crippen LogP) is 13.7. The van der Waals surface area contributed by atoms with Crippen LogP contribution in [0.4, 0.5) is 17.1 Å². The summed E-state index contributed by atoms with van der Waals surface area (Å²) in [5, 5.41) is 2.63. The first-order chi connectivity index (χ1) is 25.8. The summed E-state index contributed by atoms with van der Waals surface area (Å²) in [6.07, 6.45) is 0. The fourth-order valence-electron chi connectivity index (χ4n) is 8.80. The van der Waals surface area contributed by atoms with Crippen LogP contribution in [0.1, 0.15) is 22.3 Å². The van der Waals surface area contributed by atoms with Gasteiger partial charge < -0.3 is 9.64 Å². The summed E-state index contributed by atoms with van der Waals surface area (Å²) in [4.78, 5) is 2.42. The first kappa shape index (κ1) is 29.3. The van der Waals surface area contributed by atoms with E-state index in [0.29, 0.717) is 0 Å². The molecule has 2 nitrogen and oxygen atoms in total. The molecular weight excluding hydrogens is 651 g/mol. The Morgan fingerprint density at radius 1 is 0.404 bits per heavy atom. The molecule has 1 spiro atoms. The molecule has 244 valence electrons. The van der Waals surface area contributed by atoms with Crippen molar-refractivity contribution < 1.29 is 4.74 Å². The Morgan fingerprint density at radius 3 is 1.83 bits per heavy atom. The van der Waals surface area contributed by atoms with Crippen LogP contribution in [-0.2, 0) is 5.41 Å². The lowest BCUT2D eigenvalue weighted by atomic mass is 9.66. The summed E-state index contributed by atoms with van der Waals surface area (Å²) >= 11 is 1.86. The molecule has 2 heterocycles. The minimum atomic E-state index is -0.495. The molecule has 0 fully saturated rings. The molecule has 0 saturated heterocycles. The van der Waals surface area contributed by atoms with E-state index in [0.717, 1.165) is 28.6 Å². The summed E-state index contributed by atoms with van der Waals surface area (Å²) in [6.45, 7) is 0. The van der Waals surface area contributed by atoms with E-state index in [1.165, 1.54) is 64.7 Å². The summed E-state index contributed by atoms with van der Waals surface area (Å²) in [7, 11) is 0. The number of anilines is 3. The van der Waals surface area contributed by atoms with Crippen LogP contribution in [0, 0.1) is 0 Å². The second kappa shape index (κ2) is 11.3. The van der Waals surface area contributed by atoms with Crippen molar-refractivity contribution in [3.63, 3.8) is 0 Å². The van der Waals surface area contributed by atoms with Gasteiger partial charge in [0.2, 0.25) is 0 Å². The Hall–Kier alpha value is -6.42. The summed E-state index contributed by atoms with van der Waals surface area (Å²) in [6, 6.07) is 68.3. The lowest BCUT2D eigenvalue weighted by molar-refractivity contribution is 0.436. The van der Waals surface area contributed by atoms with Gasteiger partial charge in [-0.05, 0) is 82.4 Å². The smallest absolute Gasteiger partial charge is 0.132 e. The van der Waals surface area contributed by atoms with Gasteiger partial charge in [-0.1, -0.05) is 133 Å². The Kier molecular flexibility index (Phi) is 6.37. The molecule has 0 radical (unpaired) electrons. The highest BCUT2D eigenvalue weighted by Gasteiger charge is 2.51. The highest BCUT2D eigenvalue weighted by atomic mass is 32.1. The van der Waals surface area contributed by atoms with Crippen molar-refractivity contribution >= 4 is 48.6 Å². The van der Waals surface area contributed by atoms with Crippen molar-refractivity contribution in [3.05, 3.63) is 210 Å². The van der Waals surface area contributed by atoms with Crippen LogP contribution in [0.2, 0.25) is 0 Å². The molecule has 0 bridgehead atoms. The van der Waals surface area contributed by atoms with E-state index in [-0.39, 0.29) is 0 Å². The third-order valence-electron chi connectivity index (χ3n) is 10.9. The van der Waals surface area contributed by atoms with Crippen LogP contribution in [0.3, 0.4) is 0 Å². The first-order valence-corrected chi connectivity index (χ1v) is 18.6. The lowest BCUT2D eigenvalue weighted by Gasteiger charge is -2.39. The average molecular weight is 682 g/mol. The van der Waals surface area contributed by atoms with E-state index in [4.69, 9.17) is 4.74 Å². The molecule has 0 atom stereocenters. The number of hydrogen-bond acceptors (Lipinski definition) is 3. The molecule has 8 aromatic carbocycles. The molecule has 1 aliphatic carbocycles. The van der Waals surface area contributed by atoms with Crippen molar-refractivity contribution in [2.24, 2.45) is 0 Å². The number of rotatable bonds is 4. The predicted molar refractivity (Wildman–Crippen MR) is 217 cm³/mol. The largest absolute Gasteiger partial charge is 0.457 e. The fraction of sp³-hybridized carbons (Fsp3) is 0.0204. The van der Waals surface area contributed by atoms with Gasteiger partial charge in [-0.3, -0.25) is 0 Å². The summed E-state index contributed by atoms with van der Waals surface area (Å²) in [5.74, 6) is 1.81. The van der Waals surface area contributed by atoms with Gasteiger partial charge in [-0.2, -0.15) is 0 Å². The molecule has 11 rings (SSSR count). The number of para-hydroxylation sites is 4. The maximum atomic E-state index is 6.56. The van der Waals surface area contributed by atoms with Gasteiger partial charge in [0.1, 0.15) is 11.5 Å². The molecule has 52 heavy (non-hydrogen) atoms. The highest BCUT2D eigenvalue weighted by molar-refractivity contribution is 7.25. The minimum Gasteiger partial charge on any atom is -0.457 e. The molecule has 2 aliphatic rings. The van der Waals surface area contributed by atoms with Crippen molar-refractivity contribution in [3.8, 4) is 33.8 Å². The van der Waals surface area contributed by atoms with E-state index in [2.05, 4.69) is 193 Å². The van der Waals surface area contributed by atoms with Gasteiger partial charge >= 0.3 is 0 Å². The van der Waals surface area contributed by atoms with E-state index in [9.17, 15) is 0 Å². The van der Waals surface area contributed by atoms with E-state index in [1.807, 2.05) is 11.3 Å². The van der Waals surface area contributed by atoms with Gasteiger partial charge in [0.25, 0.3) is 0 Å². The zero-order valence-corrected chi connectivity index (χ0v) is 29.0. The number of ether oxygens (including phenoxy) is 1.